The van der Waals surface area contributed by atoms with Gasteiger partial charge in [0.15, 0.2) is 0 Å². The maximum absolute atomic E-state index is 12.0. The van der Waals surface area contributed by atoms with Gasteiger partial charge in [0.2, 0.25) is 5.91 Å². The molecule has 0 aliphatic carbocycles. The first kappa shape index (κ1) is 13.5. The second-order valence-corrected chi connectivity index (χ2v) is 4.23. The number of carbonyl (C=O) groups is 1. The van der Waals surface area contributed by atoms with Crippen LogP contribution in [0.4, 0.5) is 5.69 Å². The molecule has 4 nitrogen and oxygen atoms in total. The van der Waals surface area contributed by atoms with Crippen LogP contribution in [-0.4, -0.2) is 37.6 Å². The molecule has 2 N–H and O–H groups in total. The highest BCUT2D eigenvalue weighted by Crippen LogP contribution is 2.09. The molecular weight excluding hydrogens is 216 g/mol. The zero-order valence-electron chi connectivity index (χ0n) is 10.6. The van der Waals surface area contributed by atoms with Crippen LogP contribution in [0.1, 0.15) is 12.5 Å². The molecule has 17 heavy (non-hydrogen) atoms. The molecule has 94 valence electrons. The molecule has 1 amide bonds. The van der Waals surface area contributed by atoms with Gasteiger partial charge in [-0.1, -0.05) is 12.1 Å². The molecule has 0 unspecified atom stereocenters. The summed E-state index contributed by atoms with van der Waals surface area (Å²) in [5.41, 5.74) is 7.29. The second kappa shape index (κ2) is 6.25. The predicted molar refractivity (Wildman–Crippen MR) is 68.7 cm³/mol. The van der Waals surface area contributed by atoms with Crippen molar-refractivity contribution in [2.24, 2.45) is 0 Å². The van der Waals surface area contributed by atoms with Gasteiger partial charge in [0.25, 0.3) is 0 Å². The Morgan fingerprint density at radius 2 is 2.24 bits per heavy atom. The Hall–Kier alpha value is -1.55. The molecule has 1 aromatic rings. The predicted octanol–water partition coefficient (Wildman–Crippen LogP) is 1.30. The van der Waals surface area contributed by atoms with Crippen molar-refractivity contribution >= 4 is 11.6 Å². The minimum atomic E-state index is 0.0696. The third-order valence-electron chi connectivity index (χ3n) is 2.77. The van der Waals surface area contributed by atoms with Gasteiger partial charge in [-0.25, -0.2) is 0 Å². The van der Waals surface area contributed by atoms with Crippen LogP contribution in [0.2, 0.25) is 0 Å². The van der Waals surface area contributed by atoms with Crippen molar-refractivity contribution in [3.8, 4) is 0 Å². The number of nitrogens with zero attached hydrogens (tertiary/aromatic N) is 1. The second-order valence-electron chi connectivity index (χ2n) is 4.23. The number of anilines is 1. The maximum atomic E-state index is 12.0. The first-order valence-electron chi connectivity index (χ1n) is 5.63. The molecular formula is C13H20N2O2. The lowest BCUT2D eigenvalue weighted by molar-refractivity contribution is -0.131. The third kappa shape index (κ3) is 4.07. The van der Waals surface area contributed by atoms with Crippen molar-refractivity contribution < 1.29 is 9.53 Å². The molecule has 0 aliphatic heterocycles. The van der Waals surface area contributed by atoms with Gasteiger partial charge < -0.3 is 15.4 Å². The standard InChI is InChI=1S/C13H20N2O2/c1-10(9-17-3)15(2)13(16)8-11-5-4-6-12(14)7-11/h4-7,10H,8-9,14H2,1-3H3/t10-/m0/s1. The van der Waals surface area contributed by atoms with Crippen LogP contribution in [0.5, 0.6) is 0 Å². The number of ether oxygens (including phenoxy) is 1. The summed E-state index contributed by atoms with van der Waals surface area (Å²) < 4.78 is 5.03. The van der Waals surface area contributed by atoms with E-state index in [0.29, 0.717) is 18.7 Å². The molecule has 0 radical (unpaired) electrons. The summed E-state index contributed by atoms with van der Waals surface area (Å²) >= 11 is 0. The quantitative estimate of drug-likeness (QED) is 0.784. The van der Waals surface area contributed by atoms with Crippen molar-refractivity contribution in [3.63, 3.8) is 0 Å². The summed E-state index contributed by atoms with van der Waals surface area (Å²) in [5, 5.41) is 0. The minimum Gasteiger partial charge on any atom is -0.399 e. The highest BCUT2D eigenvalue weighted by Gasteiger charge is 2.15. The van der Waals surface area contributed by atoms with Gasteiger partial charge in [0, 0.05) is 19.8 Å². The van der Waals surface area contributed by atoms with Gasteiger partial charge >= 0.3 is 0 Å². The molecule has 0 aromatic heterocycles. The molecule has 0 aliphatic rings. The normalized spacial score (nSPS) is 12.2. The summed E-state index contributed by atoms with van der Waals surface area (Å²) in [6.45, 7) is 2.50. The lowest BCUT2D eigenvalue weighted by Crippen LogP contribution is -2.38. The molecule has 1 atom stereocenters. The highest BCUT2D eigenvalue weighted by molar-refractivity contribution is 5.79. The fraction of sp³-hybridized carbons (Fsp3) is 0.462. The number of amides is 1. The number of carbonyl (C=O) groups excluding carboxylic acids is 1. The largest absolute Gasteiger partial charge is 0.399 e. The van der Waals surface area contributed by atoms with Crippen LogP contribution >= 0.6 is 0 Å². The fourth-order valence-electron chi connectivity index (χ4n) is 1.60. The summed E-state index contributed by atoms with van der Waals surface area (Å²) in [6.07, 6.45) is 0.371. The number of nitrogens with two attached hydrogens (primary N) is 1. The lowest BCUT2D eigenvalue weighted by Gasteiger charge is -2.24. The van der Waals surface area contributed by atoms with Gasteiger partial charge in [-0.05, 0) is 24.6 Å². The van der Waals surface area contributed by atoms with Gasteiger partial charge in [-0.3, -0.25) is 4.79 Å². The Kier molecular flexibility index (Phi) is 4.97. The van der Waals surface area contributed by atoms with E-state index in [9.17, 15) is 4.79 Å². The van der Waals surface area contributed by atoms with Crippen LogP contribution in [-0.2, 0) is 16.0 Å². The zero-order chi connectivity index (χ0) is 12.8. The van der Waals surface area contributed by atoms with Crippen molar-refractivity contribution in [1.29, 1.82) is 0 Å². The first-order valence-corrected chi connectivity index (χ1v) is 5.63. The topological polar surface area (TPSA) is 55.6 Å². The summed E-state index contributed by atoms with van der Waals surface area (Å²) in [7, 11) is 3.42. The highest BCUT2D eigenvalue weighted by atomic mass is 16.5. The van der Waals surface area contributed by atoms with Gasteiger partial charge in [0.1, 0.15) is 0 Å². The van der Waals surface area contributed by atoms with Gasteiger partial charge in [0.05, 0.1) is 19.1 Å². The number of hydrogen-bond donors (Lipinski definition) is 1. The summed E-state index contributed by atoms with van der Waals surface area (Å²) in [5.74, 6) is 0.0696. The van der Waals surface area contributed by atoms with Gasteiger partial charge in [-0.15, -0.1) is 0 Å². The molecule has 1 aromatic carbocycles. The van der Waals surface area contributed by atoms with Crippen molar-refractivity contribution in [3.05, 3.63) is 29.8 Å². The molecule has 0 saturated heterocycles. The van der Waals surface area contributed by atoms with E-state index in [1.807, 2.05) is 31.2 Å². The summed E-state index contributed by atoms with van der Waals surface area (Å²) in [4.78, 5) is 13.7. The van der Waals surface area contributed by atoms with E-state index < -0.39 is 0 Å². The van der Waals surface area contributed by atoms with Crippen LogP contribution in [0.3, 0.4) is 0 Å². The van der Waals surface area contributed by atoms with E-state index in [1.54, 1.807) is 19.1 Å². The smallest absolute Gasteiger partial charge is 0.227 e. The van der Waals surface area contributed by atoms with Crippen LogP contribution in [0, 0.1) is 0 Å². The molecule has 0 heterocycles. The molecule has 1 rings (SSSR count). The van der Waals surface area contributed by atoms with Crippen LogP contribution in [0.15, 0.2) is 24.3 Å². The van der Waals surface area contributed by atoms with E-state index in [-0.39, 0.29) is 11.9 Å². The number of likely N-dealkylation sites (N-methyl/N-ethyl adjacent to an activating group) is 1. The maximum Gasteiger partial charge on any atom is 0.227 e. The molecule has 4 heteroatoms. The number of methoxy groups -OCH3 is 1. The SMILES string of the molecule is COC[C@H](C)N(C)C(=O)Cc1cccc(N)c1. The van der Waals surface area contributed by atoms with E-state index in [1.165, 1.54) is 0 Å². The van der Waals surface area contributed by atoms with E-state index in [2.05, 4.69) is 0 Å². The third-order valence-corrected chi connectivity index (χ3v) is 2.77. The number of hydrogen-bond acceptors (Lipinski definition) is 3. The molecule has 0 spiro atoms. The average Bonchev–Trinajstić information content (AvgIpc) is 2.28. The Balaban J connectivity index is 2.60. The lowest BCUT2D eigenvalue weighted by atomic mass is 10.1. The van der Waals surface area contributed by atoms with Crippen molar-refractivity contribution in [2.75, 3.05) is 26.5 Å². The Morgan fingerprint density at radius 3 is 2.82 bits per heavy atom. The monoisotopic (exact) mass is 236 g/mol. The van der Waals surface area contributed by atoms with Crippen LogP contribution in [0.25, 0.3) is 0 Å². The van der Waals surface area contributed by atoms with Crippen LogP contribution < -0.4 is 5.73 Å². The zero-order valence-corrected chi connectivity index (χ0v) is 10.6. The Labute approximate surface area is 102 Å². The molecule has 0 fully saturated rings. The van der Waals surface area contributed by atoms with Gasteiger partial charge in [-0.2, -0.15) is 0 Å². The van der Waals surface area contributed by atoms with E-state index in [4.69, 9.17) is 10.5 Å². The minimum absolute atomic E-state index is 0.0696. The summed E-state index contributed by atoms with van der Waals surface area (Å²) in [6, 6.07) is 7.48. The first-order chi connectivity index (χ1) is 8.04. The Morgan fingerprint density at radius 1 is 1.53 bits per heavy atom. The Bertz CT molecular complexity index is 379. The van der Waals surface area contributed by atoms with E-state index >= 15 is 0 Å². The van der Waals surface area contributed by atoms with E-state index in [0.717, 1.165) is 5.56 Å². The van der Waals surface area contributed by atoms with Crippen molar-refractivity contribution in [1.82, 2.24) is 4.90 Å². The average molecular weight is 236 g/mol. The fourth-order valence-corrected chi connectivity index (χ4v) is 1.60. The van der Waals surface area contributed by atoms with Crippen molar-refractivity contribution in [2.45, 2.75) is 19.4 Å². The molecule has 0 saturated carbocycles. The molecule has 0 bridgehead atoms. The number of benzene rings is 1. The number of nitrogen functional groups attached to an aromatic ring is 1. The number of rotatable bonds is 5.